The summed E-state index contributed by atoms with van der Waals surface area (Å²) < 4.78 is 11.1. The predicted octanol–water partition coefficient (Wildman–Crippen LogP) is 3.65. The SMILES string of the molecule is CCCOc1ccc(CNC(=O)C(C(C)C)n2nnc(-c3ccccc3)n2)cc1OC. The normalized spacial score (nSPS) is 11.9. The molecule has 1 aromatic heterocycles. The maximum atomic E-state index is 13.0. The summed E-state index contributed by atoms with van der Waals surface area (Å²) in [5, 5.41) is 15.7. The molecule has 1 atom stereocenters. The lowest BCUT2D eigenvalue weighted by Gasteiger charge is -2.19. The summed E-state index contributed by atoms with van der Waals surface area (Å²) in [6.07, 6.45) is 0.917. The Hall–Kier alpha value is -3.42. The van der Waals surface area contributed by atoms with Gasteiger partial charge in [-0.2, -0.15) is 4.80 Å². The van der Waals surface area contributed by atoms with Gasteiger partial charge in [0.1, 0.15) is 0 Å². The molecule has 1 N–H and O–H groups in total. The second-order valence-electron chi connectivity index (χ2n) is 7.54. The van der Waals surface area contributed by atoms with E-state index in [1.807, 2.05) is 69.3 Å². The van der Waals surface area contributed by atoms with Crippen molar-refractivity contribution in [3.8, 4) is 22.9 Å². The van der Waals surface area contributed by atoms with Crippen LogP contribution in [0.5, 0.6) is 11.5 Å². The average Bonchev–Trinajstić information content (AvgIpc) is 3.26. The highest BCUT2D eigenvalue weighted by molar-refractivity contribution is 5.80. The average molecular weight is 424 g/mol. The molecule has 0 aliphatic carbocycles. The molecular weight excluding hydrogens is 394 g/mol. The molecule has 3 aromatic rings. The van der Waals surface area contributed by atoms with Crippen molar-refractivity contribution < 1.29 is 14.3 Å². The van der Waals surface area contributed by atoms with E-state index in [1.165, 1.54) is 4.80 Å². The number of benzene rings is 2. The van der Waals surface area contributed by atoms with Crippen molar-refractivity contribution in [1.29, 1.82) is 0 Å². The highest BCUT2D eigenvalue weighted by Gasteiger charge is 2.27. The first-order valence-electron chi connectivity index (χ1n) is 10.5. The minimum absolute atomic E-state index is 0.0165. The molecule has 0 bridgehead atoms. The van der Waals surface area contributed by atoms with Crippen molar-refractivity contribution >= 4 is 5.91 Å². The summed E-state index contributed by atoms with van der Waals surface area (Å²) in [7, 11) is 1.60. The number of nitrogens with one attached hydrogen (secondary N) is 1. The molecule has 8 nitrogen and oxygen atoms in total. The number of hydrogen-bond donors (Lipinski definition) is 1. The lowest BCUT2D eigenvalue weighted by Crippen LogP contribution is -2.36. The van der Waals surface area contributed by atoms with E-state index in [1.54, 1.807) is 7.11 Å². The van der Waals surface area contributed by atoms with Gasteiger partial charge in [0.15, 0.2) is 17.5 Å². The zero-order valence-corrected chi connectivity index (χ0v) is 18.4. The van der Waals surface area contributed by atoms with Crippen molar-refractivity contribution in [2.24, 2.45) is 5.92 Å². The molecule has 1 amide bonds. The number of aromatic nitrogens is 4. The summed E-state index contributed by atoms with van der Waals surface area (Å²) in [5.74, 6) is 1.65. The van der Waals surface area contributed by atoms with Crippen LogP contribution in [-0.4, -0.2) is 39.8 Å². The number of nitrogens with zero attached hydrogens (tertiary/aromatic N) is 4. The van der Waals surface area contributed by atoms with Gasteiger partial charge in [-0.05, 0) is 35.2 Å². The second-order valence-corrected chi connectivity index (χ2v) is 7.54. The smallest absolute Gasteiger partial charge is 0.247 e. The largest absolute Gasteiger partial charge is 0.493 e. The van der Waals surface area contributed by atoms with Gasteiger partial charge in [-0.15, -0.1) is 10.2 Å². The molecular formula is C23H29N5O3. The van der Waals surface area contributed by atoms with E-state index in [0.717, 1.165) is 17.5 Å². The van der Waals surface area contributed by atoms with Gasteiger partial charge in [-0.3, -0.25) is 4.79 Å². The Morgan fingerprint density at radius 1 is 1.13 bits per heavy atom. The van der Waals surface area contributed by atoms with Crippen LogP contribution in [0.4, 0.5) is 0 Å². The quantitative estimate of drug-likeness (QED) is 0.535. The molecule has 0 saturated carbocycles. The fourth-order valence-corrected chi connectivity index (χ4v) is 3.17. The van der Waals surface area contributed by atoms with E-state index in [0.29, 0.717) is 30.5 Å². The summed E-state index contributed by atoms with van der Waals surface area (Å²) in [5.41, 5.74) is 1.77. The zero-order chi connectivity index (χ0) is 22.2. The Morgan fingerprint density at radius 3 is 2.58 bits per heavy atom. The van der Waals surface area contributed by atoms with Crippen LogP contribution in [0, 0.1) is 5.92 Å². The van der Waals surface area contributed by atoms with Crippen molar-refractivity contribution in [1.82, 2.24) is 25.5 Å². The second kappa shape index (κ2) is 10.6. The van der Waals surface area contributed by atoms with Gasteiger partial charge in [0.05, 0.1) is 13.7 Å². The molecule has 0 fully saturated rings. The number of hydrogen-bond acceptors (Lipinski definition) is 6. The van der Waals surface area contributed by atoms with Crippen LogP contribution in [0.25, 0.3) is 11.4 Å². The molecule has 164 valence electrons. The molecule has 0 aliphatic rings. The van der Waals surface area contributed by atoms with Gasteiger partial charge >= 0.3 is 0 Å². The summed E-state index contributed by atoms with van der Waals surface area (Å²) in [6.45, 7) is 6.94. The highest BCUT2D eigenvalue weighted by Crippen LogP contribution is 2.28. The Bertz CT molecular complexity index is 988. The Balaban J connectivity index is 1.70. The number of carbonyl (C=O) groups excluding carboxylic acids is 1. The first kappa shape index (κ1) is 22.3. The first-order chi connectivity index (χ1) is 15.0. The highest BCUT2D eigenvalue weighted by atomic mass is 16.5. The fourth-order valence-electron chi connectivity index (χ4n) is 3.17. The fraction of sp³-hybridized carbons (Fsp3) is 0.391. The van der Waals surface area contributed by atoms with Crippen LogP contribution in [0.15, 0.2) is 48.5 Å². The van der Waals surface area contributed by atoms with Crippen LogP contribution in [0.1, 0.15) is 38.8 Å². The number of amides is 1. The molecule has 0 radical (unpaired) electrons. The summed E-state index contributed by atoms with van der Waals surface area (Å²) >= 11 is 0. The Kier molecular flexibility index (Phi) is 7.59. The van der Waals surface area contributed by atoms with Gasteiger partial charge in [0.25, 0.3) is 0 Å². The van der Waals surface area contributed by atoms with Gasteiger partial charge in [0.2, 0.25) is 11.7 Å². The van der Waals surface area contributed by atoms with Crippen LogP contribution >= 0.6 is 0 Å². The lowest BCUT2D eigenvalue weighted by molar-refractivity contribution is -0.126. The van der Waals surface area contributed by atoms with E-state index in [4.69, 9.17) is 9.47 Å². The number of ether oxygens (including phenoxy) is 2. The molecule has 31 heavy (non-hydrogen) atoms. The van der Waals surface area contributed by atoms with Gasteiger partial charge in [-0.25, -0.2) is 0 Å². The molecule has 1 heterocycles. The molecule has 1 unspecified atom stereocenters. The predicted molar refractivity (Wildman–Crippen MR) is 118 cm³/mol. The lowest BCUT2D eigenvalue weighted by atomic mass is 10.0. The summed E-state index contributed by atoms with van der Waals surface area (Å²) in [6, 6.07) is 14.7. The van der Waals surface area contributed by atoms with E-state index >= 15 is 0 Å². The molecule has 3 rings (SSSR count). The topological polar surface area (TPSA) is 91.2 Å². The number of methoxy groups -OCH3 is 1. The minimum atomic E-state index is -0.570. The maximum Gasteiger partial charge on any atom is 0.247 e. The monoisotopic (exact) mass is 423 g/mol. The van der Waals surface area contributed by atoms with E-state index < -0.39 is 6.04 Å². The van der Waals surface area contributed by atoms with Gasteiger partial charge in [0, 0.05) is 12.1 Å². The molecule has 8 heteroatoms. The van der Waals surface area contributed by atoms with Crippen molar-refractivity contribution in [3.63, 3.8) is 0 Å². The van der Waals surface area contributed by atoms with Crippen molar-refractivity contribution in [2.45, 2.75) is 39.8 Å². The number of tetrazole rings is 1. The van der Waals surface area contributed by atoms with E-state index in [9.17, 15) is 4.79 Å². The Morgan fingerprint density at radius 2 is 1.90 bits per heavy atom. The van der Waals surface area contributed by atoms with Crippen LogP contribution < -0.4 is 14.8 Å². The first-order valence-corrected chi connectivity index (χ1v) is 10.5. The maximum absolute atomic E-state index is 13.0. The van der Waals surface area contributed by atoms with E-state index in [-0.39, 0.29) is 11.8 Å². The third-order valence-electron chi connectivity index (χ3n) is 4.77. The van der Waals surface area contributed by atoms with Crippen LogP contribution in [0.3, 0.4) is 0 Å². The Labute approximate surface area is 182 Å². The van der Waals surface area contributed by atoms with E-state index in [2.05, 4.69) is 20.7 Å². The van der Waals surface area contributed by atoms with Gasteiger partial charge < -0.3 is 14.8 Å². The van der Waals surface area contributed by atoms with Gasteiger partial charge in [-0.1, -0.05) is 57.2 Å². The zero-order valence-electron chi connectivity index (χ0n) is 18.4. The molecule has 0 saturated heterocycles. The summed E-state index contributed by atoms with van der Waals surface area (Å²) in [4.78, 5) is 14.4. The third-order valence-corrected chi connectivity index (χ3v) is 4.77. The van der Waals surface area contributed by atoms with Crippen molar-refractivity contribution in [3.05, 3.63) is 54.1 Å². The molecule has 2 aromatic carbocycles. The number of rotatable bonds is 10. The molecule has 0 aliphatic heterocycles. The third kappa shape index (κ3) is 5.59. The van der Waals surface area contributed by atoms with Crippen LogP contribution in [0.2, 0.25) is 0 Å². The molecule has 0 spiro atoms. The minimum Gasteiger partial charge on any atom is -0.493 e. The van der Waals surface area contributed by atoms with Crippen LogP contribution in [-0.2, 0) is 11.3 Å². The standard InChI is InChI=1S/C23H29N5O3/c1-5-13-31-19-12-11-17(14-20(19)30-4)15-24-23(29)21(16(2)3)28-26-22(25-27-28)18-9-7-6-8-10-18/h6-12,14,16,21H,5,13,15H2,1-4H3,(H,24,29). The van der Waals surface area contributed by atoms with Crippen molar-refractivity contribution in [2.75, 3.05) is 13.7 Å². The number of carbonyl (C=O) groups is 1.